The summed E-state index contributed by atoms with van der Waals surface area (Å²) in [5.74, 6) is 1.77. The standard InChI is InChI=1S/C54H94O13/c1-3-5-7-9-11-13-15-17-51-19-23-53(24-20-51)66-49-47-64-45-43-62-41-39-60-37-35-58-33-31-56-29-27-55-28-30-57-32-34-59-36-38-61-40-42-63-44-46-65-48-50-67-54-25-21-52(22-26-54)18-16-14-12-10-8-6-4-2/h19-26H,3-18,27-50H2,1-2H3. The van der Waals surface area contributed by atoms with Crippen molar-refractivity contribution in [2.24, 2.45) is 0 Å². The molecule has 0 bridgehead atoms. The van der Waals surface area contributed by atoms with Crippen LogP contribution in [0.5, 0.6) is 11.5 Å². The van der Waals surface area contributed by atoms with Crippen LogP contribution in [0.2, 0.25) is 0 Å². The molecule has 0 aliphatic carbocycles. The Morgan fingerprint density at radius 3 is 0.642 bits per heavy atom. The summed E-state index contributed by atoms with van der Waals surface area (Å²) in [5.41, 5.74) is 2.76. The molecule has 2 aromatic rings. The van der Waals surface area contributed by atoms with Crippen LogP contribution in [0.4, 0.5) is 0 Å². The smallest absolute Gasteiger partial charge is 0.119 e. The van der Waals surface area contributed by atoms with Crippen LogP contribution in [0.25, 0.3) is 0 Å². The van der Waals surface area contributed by atoms with E-state index in [4.69, 9.17) is 61.6 Å². The Morgan fingerprint density at radius 2 is 0.418 bits per heavy atom. The van der Waals surface area contributed by atoms with Crippen LogP contribution in [-0.2, 0) is 64.9 Å². The Bertz CT molecular complexity index is 1160. The quantitative estimate of drug-likeness (QED) is 0.0586. The maximum absolute atomic E-state index is 5.80. The molecule has 0 heterocycles. The van der Waals surface area contributed by atoms with E-state index in [0.717, 1.165) is 24.3 Å². The third-order valence-electron chi connectivity index (χ3n) is 10.7. The molecule has 0 N–H and O–H groups in total. The second kappa shape index (κ2) is 50.0. The summed E-state index contributed by atoms with van der Waals surface area (Å²) < 4.78 is 72.8. The molecule has 0 fully saturated rings. The van der Waals surface area contributed by atoms with Crippen molar-refractivity contribution in [2.75, 3.05) is 159 Å². The van der Waals surface area contributed by atoms with Crippen molar-refractivity contribution < 1.29 is 61.6 Å². The zero-order chi connectivity index (χ0) is 47.4. The molecule has 67 heavy (non-hydrogen) atoms. The van der Waals surface area contributed by atoms with E-state index in [9.17, 15) is 0 Å². The molecular weight excluding hydrogens is 857 g/mol. The largest absolute Gasteiger partial charge is 0.491 e. The molecule has 2 rings (SSSR count). The van der Waals surface area contributed by atoms with Crippen LogP contribution in [0.15, 0.2) is 48.5 Å². The highest BCUT2D eigenvalue weighted by molar-refractivity contribution is 5.28. The zero-order valence-corrected chi connectivity index (χ0v) is 42.2. The molecule has 0 unspecified atom stereocenters. The molecule has 2 aromatic carbocycles. The number of unbranched alkanes of at least 4 members (excludes halogenated alkanes) is 12. The zero-order valence-electron chi connectivity index (χ0n) is 42.2. The van der Waals surface area contributed by atoms with Gasteiger partial charge >= 0.3 is 0 Å². The molecule has 0 aliphatic heterocycles. The molecule has 13 nitrogen and oxygen atoms in total. The number of hydrogen-bond acceptors (Lipinski definition) is 13. The van der Waals surface area contributed by atoms with Gasteiger partial charge in [-0.3, -0.25) is 0 Å². The van der Waals surface area contributed by atoms with Gasteiger partial charge in [0.1, 0.15) is 24.7 Å². The first-order chi connectivity index (χ1) is 33.3. The Morgan fingerprint density at radius 1 is 0.224 bits per heavy atom. The molecule has 0 aromatic heterocycles. The Kier molecular flexibility index (Phi) is 45.3. The number of rotatable bonds is 54. The number of benzene rings is 2. The van der Waals surface area contributed by atoms with Gasteiger partial charge in [-0.2, -0.15) is 0 Å². The van der Waals surface area contributed by atoms with E-state index in [1.54, 1.807) is 0 Å². The first kappa shape index (κ1) is 60.7. The Hall–Kier alpha value is -2.40. The number of hydrogen-bond donors (Lipinski definition) is 0. The van der Waals surface area contributed by atoms with Crippen molar-refractivity contribution in [3.63, 3.8) is 0 Å². The fourth-order valence-electron chi connectivity index (χ4n) is 6.82. The van der Waals surface area contributed by atoms with Crippen LogP contribution >= 0.6 is 0 Å². The summed E-state index contributed by atoms with van der Waals surface area (Å²) in [6.07, 6.45) is 21.0. The molecule has 0 aliphatic rings. The monoisotopic (exact) mass is 951 g/mol. The van der Waals surface area contributed by atoms with E-state index in [1.165, 1.54) is 101 Å². The van der Waals surface area contributed by atoms with Crippen molar-refractivity contribution in [2.45, 2.75) is 117 Å². The lowest BCUT2D eigenvalue weighted by atomic mass is 10.0. The van der Waals surface area contributed by atoms with Gasteiger partial charge in [-0.25, -0.2) is 0 Å². The van der Waals surface area contributed by atoms with Crippen LogP contribution < -0.4 is 9.47 Å². The second-order valence-corrected chi connectivity index (χ2v) is 16.5. The average molecular weight is 951 g/mol. The van der Waals surface area contributed by atoms with E-state index in [2.05, 4.69) is 62.4 Å². The highest BCUT2D eigenvalue weighted by Gasteiger charge is 2.01. The molecule has 0 atom stereocenters. The van der Waals surface area contributed by atoms with Crippen molar-refractivity contribution in [1.29, 1.82) is 0 Å². The van der Waals surface area contributed by atoms with Crippen LogP contribution in [0.1, 0.15) is 115 Å². The van der Waals surface area contributed by atoms with Gasteiger partial charge in [0.05, 0.1) is 145 Å². The fraction of sp³-hybridized carbons (Fsp3) is 0.778. The highest BCUT2D eigenvalue weighted by Crippen LogP contribution is 2.17. The third kappa shape index (κ3) is 42.2. The second-order valence-electron chi connectivity index (χ2n) is 16.5. The van der Waals surface area contributed by atoms with E-state index in [-0.39, 0.29) is 0 Å². The minimum absolute atomic E-state index is 0.508. The molecule has 388 valence electrons. The summed E-state index contributed by atoms with van der Waals surface area (Å²) >= 11 is 0. The molecule has 0 amide bonds. The number of aryl methyl sites for hydroxylation is 2. The molecular formula is C54H94O13. The molecule has 0 spiro atoms. The van der Waals surface area contributed by atoms with Gasteiger partial charge in [-0.05, 0) is 61.1 Å². The lowest BCUT2D eigenvalue weighted by molar-refractivity contribution is -0.0279. The van der Waals surface area contributed by atoms with Crippen molar-refractivity contribution >= 4 is 0 Å². The van der Waals surface area contributed by atoms with Gasteiger partial charge in [-0.15, -0.1) is 0 Å². The van der Waals surface area contributed by atoms with E-state index in [1.807, 2.05) is 0 Å². The summed E-state index contributed by atoms with van der Waals surface area (Å²) in [6, 6.07) is 16.9. The molecule has 0 saturated carbocycles. The minimum atomic E-state index is 0.508. The first-order valence-electron chi connectivity index (χ1n) is 26.1. The third-order valence-corrected chi connectivity index (χ3v) is 10.7. The van der Waals surface area contributed by atoms with Gasteiger partial charge in [0.2, 0.25) is 0 Å². The lowest BCUT2D eigenvalue weighted by Gasteiger charge is -2.09. The normalized spacial score (nSPS) is 11.5. The average Bonchev–Trinajstić information content (AvgIpc) is 3.35. The fourth-order valence-corrected chi connectivity index (χ4v) is 6.82. The maximum Gasteiger partial charge on any atom is 0.119 e. The summed E-state index contributed by atoms with van der Waals surface area (Å²) in [6.45, 7) is 16.9. The Balaban J connectivity index is 1.17. The SMILES string of the molecule is CCCCCCCCCc1ccc(OCCOCCOCCOCCOCCOCCOCCOCCOCCOCCOCCOCCOc2ccc(CCCCCCCCC)cc2)cc1. The van der Waals surface area contributed by atoms with Crippen molar-refractivity contribution in [3.05, 3.63) is 59.7 Å². The van der Waals surface area contributed by atoms with Gasteiger partial charge in [-0.1, -0.05) is 115 Å². The minimum Gasteiger partial charge on any atom is -0.491 e. The number of ether oxygens (including phenoxy) is 13. The van der Waals surface area contributed by atoms with Crippen molar-refractivity contribution in [1.82, 2.24) is 0 Å². The topological polar surface area (TPSA) is 120 Å². The summed E-state index contributed by atoms with van der Waals surface area (Å²) in [4.78, 5) is 0. The lowest BCUT2D eigenvalue weighted by Crippen LogP contribution is -2.15. The maximum atomic E-state index is 5.80. The van der Waals surface area contributed by atoms with Crippen molar-refractivity contribution in [3.8, 4) is 11.5 Å². The Labute approximate surface area is 406 Å². The van der Waals surface area contributed by atoms with E-state index < -0.39 is 0 Å². The van der Waals surface area contributed by atoms with Crippen LogP contribution in [0, 0.1) is 0 Å². The molecule has 0 radical (unpaired) electrons. The predicted octanol–water partition coefficient (Wildman–Crippen LogP) is 9.91. The first-order valence-corrected chi connectivity index (χ1v) is 26.1. The van der Waals surface area contributed by atoms with Crippen LogP contribution in [0.3, 0.4) is 0 Å². The van der Waals surface area contributed by atoms with Gasteiger partial charge in [0, 0.05) is 0 Å². The highest BCUT2D eigenvalue weighted by atomic mass is 16.6. The van der Waals surface area contributed by atoms with Crippen LogP contribution in [-0.4, -0.2) is 159 Å². The van der Waals surface area contributed by atoms with E-state index in [0.29, 0.717) is 159 Å². The molecule has 0 saturated heterocycles. The molecule has 13 heteroatoms. The van der Waals surface area contributed by atoms with Gasteiger partial charge in [0.15, 0.2) is 0 Å². The summed E-state index contributed by atoms with van der Waals surface area (Å²) in [7, 11) is 0. The van der Waals surface area contributed by atoms with E-state index >= 15 is 0 Å². The predicted molar refractivity (Wildman–Crippen MR) is 266 cm³/mol. The van der Waals surface area contributed by atoms with Gasteiger partial charge < -0.3 is 61.6 Å². The summed E-state index contributed by atoms with van der Waals surface area (Å²) in [5, 5.41) is 0. The van der Waals surface area contributed by atoms with Gasteiger partial charge in [0.25, 0.3) is 0 Å².